The van der Waals surface area contributed by atoms with Gasteiger partial charge in [-0.2, -0.15) is 4.98 Å². The first-order valence-electron chi connectivity index (χ1n) is 17.5. The molecule has 3 aromatic rings. The van der Waals surface area contributed by atoms with Crippen LogP contribution in [0.3, 0.4) is 0 Å². The van der Waals surface area contributed by atoms with Crippen molar-refractivity contribution in [3.05, 3.63) is 24.2 Å². The first kappa shape index (κ1) is 34.8. The van der Waals surface area contributed by atoms with E-state index >= 15 is 0 Å². The number of anilines is 2. The van der Waals surface area contributed by atoms with Gasteiger partial charge in [0.2, 0.25) is 5.95 Å². The molecule has 1 unspecified atom stereocenters. The van der Waals surface area contributed by atoms with Crippen molar-refractivity contribution in [3.8, 4) is 10.6 Å². The maximum Gasteiger partial charge on any atom is 0.335 e. The smallest absolute Gasteiger partial charge is 0.335 e. The van der Waals surface area contributed by atoms with E-state index in [9.17, 15) is 5.11 Å². The molecule has 4 heterocycles. The van der Waals surface area contributed by atoms with E-state index in [0.29, 0.717) is 30.7 Å². The molecule has 1 saturated heterocycles. The number of rotatable bonds is 10. The van der Waals surface area contributed by atoms with Crippen molar-refractivity contribution in [2.45, 2.75) is 128 Å². The number of pyridine rings is 1. The summed E-state index contributed by atoms with van der Waals surface area (Å²) >= 11 is 1.60. The van der Waals surface area contributed by atoms with Gasteiger partial charge in [-0.15, -0.1) is 11.3 Å². The number of nitrogens with zero attached hydrogens (tertiary/aromatic N) is 4. The van der Waals surface area contributed by atoms with Gasteiger partial charge >= 0.3 is 17.1 Å². The molecule has 2 saturated carbocycles. The minimum absolute atomic E-state index is 0.00692. The number of nitrogens with one attached hydrogen (secondary N) is 2. The monoisotopic (exact) mass is 698 g/mol. The van der Waals surface area contributed by atoms with Crippen molar-refractivity contribution < 1.29 is 18.1 Å². The van der Waals surface area contributed by atoms with Gasteiger partial charge in [0.1, 0.15) is 21.9 Å². The van der Waals surface area contributed by atoms with Gasteiger partial charge in [0.25, 0.3) is 0 Å². The number of fused-ring (bicyclic) bond motifs is 2. The highest BCUT2D eigenvalue weighted by atomic mass is 32.1. The predicted molar refractivity (Wildman–Crippen MR) is 194 cm³/mol. The molecule has 4 atom stereocenters. The van der Waals surface area contributed by atoms with Crippen molar-refractivity contribution in [2.75, 3.05) is 23.8 Å². The van der Waals surface area contributed by atoms with Crippen LogP contribution in [0.2, 0.25) is 22.2 Å². The third-order valence-corrected chi connectivity index (χ3v) is 22.0. The maximum atomic E-state index is 12.5. The Labute approximate surface area is 286 Å². The van der Waals surface area contributed by atoms with Gasteiger partial charge in [0.05, 0.1) is 34.3 Å². The number of aliphatic hydroxyl groups is 1. The zero-order valence-corrected chi connectivity index (χ0v) is 32.6. The average molecular weight is 699 g/mol. The van der Waals surface area contributed by atoms with E-state index in [-0.39, 0.29) is 34.1 Å². The molecule has 3 fully saturated rings. The van der Waals surface area contributed by atoms with E-state index in [2.05, 4.69) is 71.0 Å². The van der Waals surface area contributed by atoms with Gasteiger partial charge in [-0.05, 0) is 67.3 Å². The largest absolute Gasteiger partial charge is 0.414 e. The van der Waals surface area contributed by atoms with Crippen LogP contribution < -0.4 is 10.6 Å². The first-order chi connectivity index (χ1) is 22.2. The van der Waals surface area contributed by atoms with E-state index in [1.54, 1.807) is 23.7 Å². The van der Waals surface area contributed by atoms with E-state index in [4.69, 9.17) is 27.9 Å². The van der Waals surface area contributed by atoms with Crippen LogP contribution >= 0.6 is 11.3 Å². The Morgan fingerprint density at radius 1 is 1.00 bits per heavy atom. The molecule has 0 radical (unpaired) electrons. The molecular formula is C34H54N6O4SSi2. The summed E-state index contributed by atoms with van der Waals surface area (Å²) in [6.45, 7) is 23.1. The minimum atomic E-state index is -2.89. The molecule has 1 aliphatic heterocycles. The standard InChI is InChI=1S/C34H54N6O4SSi2/c1-19(2)46(20(3)4)42-18-25-15-28(34(10,41)30(25)43-47(44-46,21(5)6)22(7)8)39-31-29(32-38-26-17-35-14-13-27(26)45-32)23(9)37-33(40-31)36-16-24-11-12-24/h13-14,17,19-22,24-25,28,30,41H,11-12,15-16,18H2,1-10H3,(H2,36,37,39,40)/t25-,28+,30?,34-/m0/s1. The van der Waals surface area contributed by atoms with Gasteiger partial charge in [0, 0.05) is 25.3 Å². The number of hydrogen-bond donors (Lipinski definition) is 3. The Hall–Kier alpha value is -2.01. The van der Waals surface area contributed by atoms with Gasteiger partial charge < -0.3 is 28.7 Å². The van der Waals surface area contributed by atoms with Crippen LogP contribution in [-0.4, -0.2) is 73.1 Å². The fraction of sp³-hybridized carbons (Fsp3) is 0.706. The highest BCUT2D eigenvalue weighted by molar-refractivity contribution is 7.21. The molecule has 2 aliphatic carbocycles. The lowest BCUT2D eigenvalue weighted by molar-refractivity contribution is -0.0746. The molecule has 3 N–H and O–H groups in total. The molecule has 47 heavy (non-hydrogen) atoms. The fourth-order valence-electron chi connectivity index (χ4n) is 7.69. The van der Waals surface area contributed by atoms with E-state index in [1.165, 1.54) is 12.8 Å². The van der Waals surface area contributed by atoms with Crippen molar-refractivity contribution in [1.82, 2.24) is 19.9 Å². The summed E-state index contributed by atoms with van der Waals surface area (Å²) in [7, 11) is -5.58. The van der Waals surface area contributed by atoms with Crippen LogP contribution in [0.15, 0.2) is 18.5 Å². The molecule has 13 heteroatoms. The number of hydrogen-bond acceptors (Lipinski definition) is 11. The van der Waals surface area contributed by atoms with Crippen molar-refractivity contribution in [3.63, 3.8) is 0 Å². The van der Waals surface area contributed by atoms with Gasteiger partial charge in [0.15, 0.2) is 0 Å². The van der Waals surface area contributed by atoms with E-state index in [1.807, 2.05) is 19.9 Å². The Morgan fingerprint density at radius 3 is 2.30 bits per heavy atom. The summed E-state index contributed by atoms with van der Waals surface area (Å²) in [6, 6.07) is 1.64. The quantitative estimate of drug-likeness (QED) is 0.181. The molecule has 3 aromatic heterocycles. The Morgan fingerprint density at radius 2 is 1.68 bits per heavy atom. The van der Waals surface area contributed by atoms with Crippen molar-refractivity contribution >= 4 is 50.4 Å². The normalized spacial score (nSPS) is 27.4. The summed E-state index contributed by atoms with van der Waals surface area (Å²) in [5, 5.41) is 20.6. The SMILES string of the molecule is Cc1nc(NCC2CC2)nc(N[C@@H]2C[C@H]3CO[Si](C(C)C)(C(C)C)O[Si](C(C)C)(C(C)C)OC3[C@@]2(C)O)c1-c1nc2cnccc2s1. The first-order valence-corrected chi connectivity index (χ1v) is 22.3. The molecule has 6 rings (SSSR count). The van der Waals surface area contributed by atoms with Crippen molar-refractivity contribution in [1.29, 1.82) is 0 Å². The molecule has 258 valence electrons. The van der Waals surface area contributed by atoms with Crippen LogP contribution in [0.5, 0.6) is 0 Å². The fourth-order valence-corrected chi connectivity index (χ4v) is 20.1. The summed E-state index contributed by atoms with van der Waals surface area (Å²) in [4.78, 5) is 19.1. The summed E-state index contributed by atoms with van der Waals surface area (Å²) < 4.78 is 22.9. The summed E-state index contributed by atoms with van der Waals surface area (Å²) in [6.07, 6.45) is 6.29. The second-order valence-electron chi connectivity index (χ2n) is 15.5. The molecule has 0 aromatic carbocycles. The van der Waals surface area contributed by atoms with E-state index < -0.39 is 28.8 Å². The number of aromatic nitrogens is 4. The molecular weight excluding hydrogens is 645 g/mol. The van der Waals surface area contributed by atoms with Crippen LogP contribution in [0.1, 0.15) is 87.3 Å². The molecule has 0 amide bonds. The molecule has 10 nitrogen and oxygen atoms in total. The third kappa shape index (κ3) is 6.41. The molecule has 3 aliphatic rings. The topological polar surface area (TPSA) is 124 Å². The van der Waals surface area contributed by atoms with Crippen LogP contribution in [0.4, 0.5) is 11.8 Å². The lowest BCUT2D eigenvalue weighted by atomic mass is 9.96. The molecule has 0 bridgehead atoms. The van der Waals surface area contributed by atoms with Gasteiger partial charge in [-0.1, -0.05) is 55.4 Å². The Balaban J connectivity index is 1.39. The maximum absolute atomic E-state index is 12.5. The zero-order valence-electron chi connectivity index (χ0n) is 29.8. The third-order valence-electron chi connectivity index (χ3n) is 10.7. The van der Waals surface area contributed by atoms with Gasteiger partial charge in [-0.25, -0.2) is 9.97 Å². The Kier molecular flexibility index (Phi) is 9.66. The summed E-state index contributed by atoms with van der Waals surface area (Å²) in [5.41, 5.74) is 2.20. The van der Waals surface area contributed by atoms with Crippen LogP contribution in [0.25, 0.3) is 20.8 Å². The second kappa shape index (κ2) is 13.0. The lowest BCUT2D eigenvalue weighted by Gasteiger charge is -2.52. The van der Waals surface area contributed by atoms with E-state index in [0.717, 1.165) is 33.0 Å². The van der Waals surface area contributed by atoms with Gasteiger partial charge in [-0.3, -0.25) is 4.98 Å². The highest BCUT2D eigenvalue weighted by Gasteiger charge is 2.63. The number of thiazole rings is 1. The van der Waals surface area contributed by atoms with Crippen LogP contribution in [-0.2, 0) is 13.0 Å². The second-order valence-corrected chi connectivity index (χ2v) is 25.4. The molecule has 0 spiro atoms. The number of aryl methyl sites for hydroxylation is 1. The lowest BCUT2D eigenvalue weighted by Crippen LogP contribution is -2.66. The minimum Gasteiger partial charge on any atom is -0.414 e. The predicted octanol–water partition coefficient (Wildman–Crippen LogP) is 7.79. The highest BCUT2D eigenvalue weighted by Crippen LogP contribution is 2.51. The summed E-state index contributed by atoms with van der Waals surface area (Å²) in [5.74, 6) is 1.93. The zero-order chi connectivity index (χ0) is 33.9. The van der Waals surface area contributed by atoms with Crippen molar-refractivity contribution in [2.24, 2.45) is 11.8 Å². The Bertz CT molecular complexity index is 1530. The average Bonchev–Trinajstić information content (AvgIpc) is 3.67. The van der Waals surface area contributed by atoms with Crippen LogP contribution in [0, 0.1) is 18.8 Å².